The van der Waals surface area contributed by atoms with Crippen LogP contribution in [0.1, 0.15) is 46.0 Å². The molecule has 0 spiro atoms. The van der Waals surface area contributed by atoms with Crippen LogP contribution in [0.4, 0.5) is 0 Å². The average molecular weight is 280 g/mol. The van der Waals surface area contributed by atoms with Gasteiger partial charge in [0.1, 0.15) is 17.8 Å². The highest BCUT2D eigenvalue weighted by Gasteiger charge is 2.18. The zero-order valence-corrected chi connectivity index (χ0v) is 12.6. The van der Waals surface area contributed by atoms with E-state index < -0.39 is 7.92 Å². The molecule has 3 nitrogen and oxygen atoms in total. The summed E-state index contributed by atoms with van der Waals surface area (Å²) < 4.78 is 0. The van der Waals surface area contributed by atoms with Gasteiger partial charge in [-0.25, -0.2) is 14.4 Å². The van der Waals surface area contributed by atoms with Gasteiger partial charge in [-0.3, -0.25) is 0 Å². The van der Waals surface area contributed by atoms with Crippen molar-refractivity contribution in [2.75, 3.05) is 12.3 Å². The highest BCUT2D eigenvalue weighted by molar-refractivity contribution is 7.62. The van der Waals surface area contributed by atoms with E-state index in [1.54, 1.807) is 11.9 Å². The summed E-state index contributed by atoms with van der Waals surface area (Å²) in [6.07, 6.45) is 7.42. The average Bonchev–Trinajstić information content (AvgIpc) is 2.44. The maximum atomic E-state index is 11.2. The van der Waals surface area contributed by atoms with E-state index in [-0.39, 0.29) is 12.0 Å². The van der Waals surface area contributed by atoms with Gasteiger partial charge in [0.15, 0.2) is 0 Å². The molecule has 0 aromatic heterocycles. The minimum atomic E-state index is -0.654. The van der Waals surface area contributed by atoms with E-state index in [1.807, 2.05) is 5.94 Å². The topological polar surface area (TPSA) is 51.2 Å². The third kappa shape index (κ3) is 7.06. The molecule has 104 valence electrons. The molecule has 0 unspecified atom stereocenters. The Hall–Kier alpha value is -1.22. The van der Waals surface area contributed by atoms with Crippen LogP contribution in [0.3, 0.4) is 0 Å². The lowest BCUT2D eigenvalue weighted by Gasteiger charge is -2.18. The molecule has 0 aromatic rings. The van der Waals surface area contributed by atoms with E-state index in [0.29, 0.717) is 5.31 Å². The van der Waals surface area contributed by atoms with Crippen LogP contribution in [0.2, 0.25) is 0 Å². The summed E-state index contributed by atoms with van der Waals surface area (Å²) >= 11 is 0. The fourth-order valence-electron chi connectivity index (χ4n) is 1.68. The lowest BCUT2D eigenvalue weighted by atomic mass is 10.2. The summed E-state index contributed by atoms with van der Waals surface area (Å²) in [4.78, 5) is 32.4. The molecule has 0 aliphatic rings. The van der Waals surface area contributed by atoms with Gasteiger partial charge in [-0.1, -0.05) is 34.6 Å². The predicted octanol–water partition coefficient (Wildman–Crippen LogP) is 3.32. The van der Waals surface area contributed by atoms with Crippen LogP contribution in [0.15, 0.2) is 17.0 Å². The SMILES string of the molecule is CCCCP(CCCC)C(=C=O)C(=C=O)CC=C=O. The lowest BCUT2D eigenvalue weighted by Crippen LogP contribution is -1.98. The lowest BCUT2D eigenvalue weighted by molar-refractivity contribution is 0.564. The monoisotopic (exact) mass is 280 g/mol. The van der Waals surface area contributed by atoms with Crippen molar-refractivity contribution in [3.05, 3.63) is 17.0 Å². The quantitative estimate of drug-likeness (QED) is 0.350. The van der Waals surface area contributed by atoms with Gasteiger partial charge in [-0.05, 0) is 25.2 Å². The van der Waals surface area contributed by atoms with Crippen molar-refractivity contribution in [1.82, 2.24) is 0 Å². The maximum Gasteiger partial charge on any atom is 0.133 e. The third-order valence-electron chi connectivity index (χ3n) is 2.77. The molecule has 19 heavy (non-hydrogen) atoms. The first-order valence-electron chi connectivity index (χ1n) is 6.68. The molecule has 0 heterocycles. The maximum absolute atomic E-state index is 11.2. The van der Waals surface area contributed by atoms with Crippen LogP contribution < -0.4 is 0 Å². The number of unbranched alkanes of at least 4 members (excludes halogenated alkanes) is 2. The molecule has 0 saturated carbocycles. The molecule has 0 fully saturated rings. The van der Waals surface area contributed by atoms with Crippen LogP contribution in [0.25, 0.3) is 0 Å². The molecule has 0 N–H and O–H groups in total. The second-order valence-corrected chi connectivity index (χ2v) is 6.67. The number of hydrogen-bond acceptors (Lipinski definition) is 3. The molecular formula is C15H21O3P. The van der Waals surface area contributed by atoms with Crippen molar-refractivity contribution >= 4 is 25.7 Å². The summed E-state index contributed by atoms with van der Waals surface area (Å²) in [5.41, 5.74) is 0.275. The van der Waals surface area contributed by atoms with E-state index >= 15 is 0 Å². The van der Waals surface area contributed by atoms with Crippen molar-refractivity contribution in [2.24, 2.45) is 0 Å². The Morgan fingerprint density at radius 3 is 1.95 bits per heavy atom. The van der Waals surface area contributed by atoms with Crippen molar-refractivity contribution in [1.29, 1.82) is 0 Å². The number of allylic oxidation sites excluding steroid dienone is 3. The molecule has 0 atom stereocenters. The zero-order chi connectivity index (χ0) is 14.5. The summed E-state index contributed by atoms with van der Waals surface area (Å²) in [5, 5.41) is 0.457. The van der Waals surface area contributed by atoms with Crippen LogP contribution in [0.5, 0.6) is 0 Å². The van der Waals surface area contributed by atoms with Crippen molar-refractivity contribution in [2.45, 2.75) is 46.0 Å². The van der Waals surface area contributed by atoms with Crippen LogP contribution in [-0.2, 0) is 14.4 Å². The second-order valence-electron chi connectivity index (χ2n) is 4.25. The summed E-state index contributed by atoms with van der Waals surface area (Å²) in [6.45, 7) is 4.20. The molecule has 0 saturated heterocycles. The molecule has 0 bridgehead atoms. The first kappa shape index (κ1) is 17.8. The Bertz CT molecular complexity index is 401. The molecule has 0 amide bonds. The first-order valence-corrected chi connectivity index (χ1v) is 8.40. The van der Waals surface area contributed by atoms with Gasteiger partial charge in [0.2, 0.25) is 0 Å². The molecule has 0 radical (unpaired) electrons. The van der Waals surface area contributed by atoms with Gasteiger partial charge in [-0.2, -0.15) is 0 Å². The smallest absolute Gasteiger partial charge is 0.133 e. The van der Waals surface area contributed by atoms with Crippen LogP contribution >= 0.6 is 7.92 Å². The summed E-state index contributed by atoms with van der Waals surface area (Å²) in [5.74, 6) is 5.35. The molecular weight excluding hydrogens is 259 g/mol. The van der Waals surface area contributed by atoms with Crippen LogP contribution in [0, 0.1) is 0 Å². The van der Waals surface area contributed by atoms with Crippen molar-refractivity contribution in [3.63, 3.8) is 0 Å². The van der Waals surface area contributed by atoms with E-state index in [9.17, 15) is 14.4 Å². The molecule has 0 rings (SSSR count). The highest BCUT2D eigenvalue weighted by Crippen LogP contribution is 2.48. The summed E-state index contributed by atoms with van der Waals surface area (Å²) in [7, 11) is -0.654. The second kappa shape index (κ2) is 11.8. The Labute approximate surface area is 116 Å². The number of hydrogen-bond donors (Lipinski definition) is 0. The van der Waals surface area contributed by atoms with Gasteiger partial charge >= 0.3 is 0 Å². The zero-order valence-electron chi connectivity index (χ0n) is 11.7. The Morgan fingerprint density at radius 1 is 1.00 bits per heavy atom. The fourth-order valence-corrected chi connectivity index (χ4v) is 4.40. The molecule has 0 aromatic carbocycles. The fraction of sp³-hybridized carbons (Fsp3) is 0.600. The minimum absolute atomic E-state index is 0.134. The number of rotatable bonds is 10. The van der Waals surface area contributed by atoms with E-state index in [1.165, 1.54) is 6.08 Å². The number of carbonyl (C=O) groups excluding carboxylic acids is 3. The Morgan fingerprint density at radius 2 is 1.58 bits per heavy atom. The largest absolute Gasteiger partial charge is 0.234 e. The molecule has 4 heteroatoms. The van der Waals surface area contributed by atoms with Gasteiger partial charge in [0.25, 0.3) is 0 Å². The van der Waals surface area contributed by atoms with Gasteiger partial charge in [0, 0.05) is 12.5 Å². The van der Waals surface area contributed by atoms with Gasteiger partial charge < -0.3 is 0 Å². The van der Waals surface area contributed by atoms with Crippen molar-refractivity contribution < 1.29 is 14.4 Å². The van der Waals surface area contributed by atoms with E-state index in [0.717, 1.165) is 38.0 Å². The van der Waals surface area contributed by atoms with Crippen LogP contribution in [-0.4, -0.2) is 30.1 Å². The Kier molecular flexibility index (Phi) is 11.1. The third-order valence-corrected chi connectivity index (χ3v) is 5.48. The van der Waals surface area contributed by atoms with Crippen molar-refractivity contribution in [3.8, 4) is 0 Å². The van der Waals surface area contributed by atoms with Gasteiger partial charge in [-0.15, -0.1) is 0 Å². The minimum Gasteiger partial charge on any atom is -0.234 e. The Balaban J connectivity index is 5.04. The molecule has 0 aliphatic carbocycles. The van der Waals surface area contributed by atoms with E-state index in [4.69, 9.17) is 0 Å². The molecule has 0 aliphatic heterocycles. The predicted molar refractivity (Wildman–Crippen MR) is 79.8 cm³/mol. The van der Waals surface area contributed by atoms with Gasteiger partial charge in [0.05, 0.1) is 10.9 Å². The normalized spacial score (nSPS) is 9.42. The first-order chi connectivity index (χ1) is 9.24. The van der Waals surface area contributed by atoms with E-state index in [2.05, 4.69) is 13.8 Å². The highest BCUT2D eigenvalue weighted by atomic mass is 31.1. The standard InChI is InChI=1S/C15H21O3P/c1-3-5-10-19(11-6-4-2)15(13-18)14(12-17)8-7-9-16/h7H,3-6,8,10-11H2,1-2H3. The summed E-state index contributed by atoms with van der Waals surface area (Å²) in [6, 6.07) is 0.